The molecular weight excluding hydrogens is 424 g/mol. The van der Waals surface area contributed by atoms with E-state index in [1.54, 1.807) is 6.20 Å². The smallest absolute Gasteiger partial charge is 0.334 e. The number of ether oxygens (including phenoxy) is 2. The van der Waals surface area contributed by atoms with Gasteiger partial charge in [0, 0.05) is 10.6 Å². The van der Waals surface area contributed by atoms with Crippen molar-refractivity contribution in [3.8, 4) is 5.75 Å². The van der Waals surface area contributed by atoms with Gasteiger partial charge in [0.25, 0.3) is 0 Å². The second-order valence-corrected chi connectivity index (χ2v) is 8.38. The van der Waals surface area contributed by atoms with Gasteiger partial charge in [-0.1, -0.05) is 57.2 Å². The molecule has 0 atom stereocenters. The number of hydrogen-bond donors (Lipinski definition) is 0. The van der Waals surface area contributed by atoms with Crippen molar-refractivity contribution in [1.82, 2.24) is 9.55 Å². The minimum atomic E-state index is -0.253. The first-order valence-electron chi connectivity index (χ1n) is 11.8. The third-order valence-electron chi connectivity index (χ3n) is 5.36. The zero-order valence-corrected chi connectivity index (χ0v) is 20.7. The number of esters is 1. The Labute approximate surface area is 197 Å². The highest BCUT2D eigenvalue weighted by Gasteiger charge is 2.14. The number of unbranched alkanes of at least 4 members (excludes halogenated alkanes) is 4. The van der Waals surface area contributed by atoms with Crippen LogP contribution in [0.5, 0.6) is 5.75 Å². The van der Waals surface area contributed by atoms with Gasteiger partial charge in [0.1, 0.15) is 11.6 Å². The lowest BCUT2D eigenvalue weighted by atomic mass is 10.1. The maximum atomic E-state index is 12.5. The molecule has 0 aliphatic carbocycles. The summed E-state index contributed by atoms with van der Waals surface area (Å²) in [7, 11) is 0. The maximum absolute atomic E-state index is 12.5. The van der Waals surface area contributed by atoms with Crippen molar-refractivity contribution in [2.45, 2.75) is 79.2 Å². The lowest BCUT2D eigenvalue weighted by Crippen LogP contribution is -2.10. The van der Waals surface area contributed by atoms with E-state index < -0.39 is 0 Å². The molecule has 1 aromatic heterocycles. The van der Waals surface area contributed by atoms with Crippen LogP contribution in [-0.4, -0.2) is 28.7 Å². The van der Waals surface area contributed by atoms with Gasteiger partial charge in [0.15, 0.2) is 0 Å². The molecule has 32 heavy (non-hydrogen) atoms. The number of halogens is 1. The summed E-state index contributed by atoms with van der Waals surface area (Å²) in [6.07, 6.45) is 10.9. The van der Waals surface area contributed by atoms with Crippen LogP contribution in [0.2, 0.25) is 5.02 Å². The first-order chi connectivity index (χ1) is 15.5. The van der Waals surface area contributed by atoms with E-state index in [9.17, 15) is 4.79 Å². The van der Waals surface area contributed by atoms with Crippen LogP contribution in [0, 0.1) is 6.92 Å². The Bertz CT molecular complexity index is 889. The highest BCUT2D eigenvalue weighted by molar-refractivity contribution is 6.31. The molecule has 0 bridgehead atoms. The molecule has 0 fully saturated rings. The number of rotatable bonds is 14. The molecule has 0 saturated carbocycles. The molecule has 6 heteroatoms. The van der Waals surface area contributed by atoms with Gasteiger partial charge in [-0.25, -0.2) is 9.78 Å². The minimum absolute atomic E-state index is 0.253. The lowest BCUT2D eigenvalue weighted by molar-refractivity contribution is -0.138. The van der Waals surface area contributed by atoms with Gasteiger partial charge < -0.3 is 14.0 Å². The van der Waals surface area contributed by atoms with E-state index in [0.717, 1.165) is 54.9 Å². The number of hydrogen-bond acceptors (Lipinski definition) is 4. The van der Waals surface area contributed by atoms with Gasteiger partial charge in [0.2, 0.25) is 0 Å². The van der Waals surface area contributed by atoms with Gasteiger partial charge in [-0.2, -0.15) is 0 Å². The van der Waals surface area contributed by atoms with E-state index in [4.69, 9.17) is 21.1 Å². The van der Waals surface area contributed by atoms with E-state index in [0.29, 0.717) is 36.8 Å². The summed E-state index contributed by atoms with van der Waals surface area (Å²) in [5.74, 6) is 1.40. The third kappa shape index (κ3) is 8.01. The summed E-state index contributed by atoms with van der Waals surface area (Å²) in [5, 5.41) is 0.662. The largest absolute Gasteiger partial charge is 0.494 e. The fourth-order valence-electron chi connectivity index (χ4n) is 3.47. The van der Waals surface area contributed by atoms with Crippen LogP contribution in [0.15, 0.2) is 30.0 Å². The second kappa shape index (κ2) is 14.0. The van der Waals surface area contributed by atoms with Gasteiger partial charge in [0.05, 0.1) is 31.6 Å². The predicted octanol–water partition coefficient (Wildman–Crippen LogP) is 6.99. The van der Waals surface area contributed by atoms with Crippen molar-refractivity contribution in [1.29, 1.82) is 0 Å². The monoisotopic (exact) mass is 460 g/mol. The summed E-state index contributed by atoms with van der Waals surface area (Å²) in [5.41, 5.74) is 2.54. The molecule has 5 nitrogen and oxygen atoms in total. The molecule has 0 amide bonds. The van der Waals surface area contributed by atoms with Crippen LogP contribution >= 0.6 is 11.6 Å². The van der Waals surface area contributed by atoms with Crippen LogP contribution in [-0.2, 0) is 16.1 Å². The molecule has 2 rings (SSSR count). The summed E-state index contributed by atoms with van der Waals surface area (Å²) in [4.78, 5) is 17.0. The number of nitrogens with zero attached hydrogens (tertiary/aromatic N) is 2. The van der Waals surface area contributed by atoms with Crippen molar-refractivity contribution in [2.24, 2.45) is 0 Å². The highest BCUT2D eigenvalue weighted by Crippen LogP contribution is 2.25. The molecule has 176 valence electrons. The van der Waals surface area contributed by atoms with Crippen LogP contribution in [0.3, 0.4) is 0 Å². The highest BCUT2D eigenvalue weighted by atomic mass is 35.5. The Morgan fingerprint density at radius 3 is 2.56 bits per heavy atom. The molecule has 0 saturated heterocycles. The van der Waals surface area contributed by atoms with E-state index in [1.807, 2.05) is 38.1 Å². The molecule has 1 aromatic carbocycles. The number of imidazole rings is 1. The van der Waals surface area contributed by atoms with Crippen molar-refractivity contribution < 1.29 is 14.3 Å². The molecular formula is C26H37ClN2O3. The number of benzene rings is 1. The number of carbonyl (C=O) groups is 1. The zero-order valence-electron chi connectivity index (χ0n) is 20.0. The normalized spacial score (nSPS) is 11.6. The quantitative estimate of drug-likeness (QED) is 0.173. The summed E-state index contributed by atoms with van der Waals surface area (Å²) < 4.78 is 13.2. The Balaban J connectivity index is 2.20. The zero-order chi connectivity index (χ0) is 23.3. The van der Waals surface area contributed by atoms with Gasteiger partial charge in [-0.15, -0.1) is 0 Å². The summed E-state index contributed by atoms with van der Waals surface area (Å²) in [6, 6.07) is 5.83. The third-order valence-corrected chi connectivity index (χ3v) is 5.72. The first-order valence-corrected chi connectivity index (χ1v) is 12.2. The standard InChI is InChI=1S/C26H37ClN2O3/c1-5-8-10-12-21(26(30)31-7-3)16-23-18-28-20(4)29(23)19-22-13-14-24(17-25(22)27)32-15-11-9-6-2/h13-14,16-18H,5-12,15,19H2,1-4H3. The van der Waals surface area contributed by atoms with E-state index in [2.05, 4.69) is 23.4 Å². The molecule has 1 heterocycles. The van der Waals surface area contributed by atoms with E-state index in [-0.39, 0.29) is 5.97 Å². The topological polar surface area (TPSA) is 53.4 Å². The molecule has 0 aliphatic rings. The number of carbonyl (C=O) groups excluding carboxylic acids is 1. The predicted molar refractivity (Wildman–Crippen MR) is 131 cm³/mol. The molecule has 0 aliphatic heterocycles. The van der Waals surface area contributed by atoms with Crippen LogP contribution in [0.1, 0.15) is 82.8 Å². The average molecular weight is 461 g/mol. The number of aromatic nitrogens is 2. The van der Waals surface area contributed by atoms with Crippen LogP contribution < -0.4 is 4.74 Å². The van der Waals surface area contributed by atoms with Gasteiger partial charge in [-0.3, -0.25) is 0 Å². The summed E-state index contributed by atoms with van der Waals surface area (Å²) in [6.45, 7) is 9.74. The fraction of sp³-hybridized carbons (Fsp3) is 0.538. The van der Waals surface area contributed by atoms with Crippen molar-refractivity contribution in [3.63, 3.8) is 0 Å². The molecule has 0 spiro atoms. The van der Waals surface area contributed by atoms with Gasteiger partial charge in [-0.05, 0) is 56.9 Å². The van der Waals surface area contributed by atoms with Crippen molar-refractivity contribution >= 4 is 23.6 Å². The lowest BCUT2D eigenvalue weighted by Gasteiger charge is -2.13. The number of aryl methyl sites for hydroxylation is 1. The Morgan fingerprint density at radius 1 is 1.12 bits per heavy atom. The summed E-state index contributed by atoms with van der Waals surface area (Å²) >= 11 is 6.57. The minimum Gasteiger partial charge on any atom is -0.494 e. The molecule has 0 N–H and O–H groups in total. The first kappa shape index (κ1) is 26.0. The fourth-order valence-corrected chi connectivity index (χ4v) is 3.70. The SMILES string of the molecule is CCCCCOc1ccc(Cn2c(C=C(CCCCC)C(=O)OCC)cnc2C)c(Cl)c1. The van der Waals surface area contributed by atoms with Gasteiger partial charge >= 0.3 is 5.97 Å². The van der Waals surface area contributed by atoms with E-state index in [1.165, 1.54) is 6.42 Å². The molecule has 0 unspecified atom stereocenters. The molecule has 0 radical (unpaired) electrons. The Hall–Kier alpha value is -2.27. The Kier molecular flexibility index (Phi) is 11.4. The van der Waals surface area contributed by atoms with Crippen molar-refractivity contribution in [3.05, 3.63) is 52.1 Å². The average Bonchev–Trinajstić information content (AvgIpc) is 3.11. The Morgan fingerprint density at radius 2 is 1.88 bits per heavy atom. The molecule has 2 aromatic rings. The van der Waals surface area contributed by atoms with Crippen LogP contribution in [0.25, 0.3) is 6.08 Å². The van der Waals surface area contributed by atoms with E-state index >= 15 is 0 Å². The van der Waals surface area contributed by atoms with Crippen molar-refractivity contribution in [2.75, 3.05) is 13.2 Å². The van der Waals surface area contributed by atoms with Crippen LogP contribution in [0.4, 0.5) is 0 Å². The second-order valence-electron chi connectivity index (χ2n) is 7.97. The maximum Gasteiger partial charge on any atom is 0.334 e.